The van der Waals surface area contributed by atoms with E-state index in [1.807, 2.05) is 54.6 Å². The van der Waals surface area contributed by atoms with Gasteiger partial charge in [-0.25, -0.2) is 4.68 Å². The molecule has 0 aliphatic carbocycles. The van der Waals surface area contributed by atoms with E-state index >= 15 is 0 Å². The number of hydrogen-bond acceptors (Lipinski definition) is 5. The van der Waals surface area contributed by atoms with Gasteiger partial charge in [-0.3, -0.25) is 4.79 Å². The highest BCUT2D eigenvalue weighted by Crippen LogP contribution is 2.27. The molecule has 33 heavy (non-hydrogen) atoms. The number of aromatic nitrogens is 2. The van der Waals surface area contributed by atoms with Crippen molar-refractivity contribution < 1.29 is 19.0 Å². The molecule has 0 atom stereocenters. The Kier molecular flexibility index (Phi) is 6.90. The van der Waals surface area contributed by atoms with Crippen LogP contribution in [-0.4, -0.2) is 29.9 Å². The summed E-state index contributed by atoms with van der Waals surface area (Å²) in [5.41, 5.74) is 3.48. The highest BCUT2D eigenvalue weighted by Gasteiger charge is 2.11. The van der Waals surface area contributed by atoms with Gasteiger partial charge in [0.25, 0.3) is 5.91 Å². The second-order valence-corrected chi connectivity index (χ2v) is 7.28. The zero-order chi connectivity index (χ0) is 23.0. The average Bonchev–Trinajstić information content (AvgIpc) is 3.36. The molecule has 0 fully saturated rings. The number of hydrogen-bond donors (Lipinski definition) is 1. The van der Waals surface area contributed by atoms with Crippen molar-refractivity contribution in [2.24, 2.45) is 0 Å². The summed E-state index contributed by atoms with van der Waals surface area (Å²) < 4.78 is 17.9. The molecule has 0 spiro atoms. The summed E-state index contributed by atoms with van der Waals surface area (Å²) in [6, 6.07) is 25.2. The van der Waals surface area contributed by atoms with Gasteiger partial charge in [0.1, 0.15) is 11.4 Å². The van der Waals surface area contributed by atoms with E-state index in [1.165, 1.54) is 0 Å². The van der Waals surface area contributed by atoms with Crippen LogP contribution in [0.1, 0.15) is 16.1 Å². The van der Waals surface area contributed by atoms with Crippen molar-refractivity contribution in [2.75, 3.05) is 14.2 Å². The summed E-state index contributed by atoms with van der Waals surface area (Å²) in [6.45, 7) is 0.546. The summed E-state index contributed by atoms with van der Waals surface area (Å²) >= 11 is 0. The van der Waals surface area contributed by atoms with E-state index in [4.69, 9.17) is 14.2 Å². The molecule has 0 saturated carbocycles. The lowest BCUT2D eigenvalue weighted by atomic mass is 10.1. The topological polar surface area (TPSA) is 74.6 Å². The van der Waals surface area contributed by atoms with E-state index in [-0.39, 0.29) is 12.6 Å². The van der Waals surface area contributed by atoms with Crippen LogP contribution in [0.25, 0.3) is 11.1 Å². The Hall–Kier alpha value is -4.26. The molecule has 1 N–H and O–H groups in total. The Balaban J connectivity index is 1.30. The summed E-state index contributed by atoms with van der Waals surface area (Å²) in [4.78, 5) is 12.5. The van der Waals surface area contributed by atoms with Crippen molar-refractivity contribution in [1.29, 1.82) is 0 Å². The second-order valence-electron chi connectivity index (χ2n) is 7.28. The van der Waals surface area contributed by atoms with Crippen molar-refractivity contribution in [2.45, 2.75) is 13.3 Å². The number of amides is 1. The number of benzene rings is 3. The maximum Gasteiger partial charge on any atom is 0.272 e. The largest absolute Gasteiger partial charge is 0.493 e. The predicted molar refractivity (Wildman–Crippen MR) is 125 cm³/mol. The smallest absolute Gasteiger partial charge is 0.272 e. The maximum atomic E-state index is 12.5. The van der Waals surface area contributed by atoms with E-state index in [0.29, 0.717) is 23.7 Å². The minimum Gasteiger partial charge on any atom is -0.493 e. The Labute approximate surface area is 192 Å². The molecule has 168 valence electrons. The molecule has 1 amide bonds. The molecule has 0 aliphatic heterocycles. The van der Waals surface area contributed by atoms with Crippen LogP contribution >= 0.6 is 0 Å². The van der Waals surface area contributed by atoms with Crippen LogP contribution in [0.5, 0.6) is 17.2 Å². The number of carbonyl (C=O) groups excluding carboxylic acids is 1. The Morgan fingerprint density at radius 2 is 1.61 bits per heavy atom. The summed E-state index contributed by atoms with van der Waals surface area (Å²) in [5.74, 6) is 1.71. The molecule has 4 rings (SSSR count). The molecule has 1 heterocycles. The fourth-order valence-corrected chi connectivity index (χ4v) is 3.33. The zero-order valence-electron chi connectivity index (χ0n) is 18.5. The van der Waals surface area contributed by atoms with Crippen LogP contribution in [-0.2, 0) is 13.3 Å². The Bertz CT molecular complexity index is 1200. The average molecular weight is 444 g/mol. The third-order valence-corrected chi connectivity index (χ3v) is 5.10. The lowest BCUT2D eigenvalue weighted by Crippen LogP contribution is -2.23. The zero-order valence-corrected chi connectivity index (χ0v) is 18.5. The van der Waals surface area contributed by atoms with Gasteiger partial charge in [0.05, 0.1) is 14.2 Å². The van der Waals surface area contributed by atoms with E-state index in [2.05, 4.69) is 22.5 Å². The molecule has 0 saturated heterocycles. The first-order valence-electron chi connectivity index (χ1n) is 10.5. The lowest BCUT2D eigenvalue weighted by molar-refractivity contribution is 0.0944. The van der Waals surface area contributed by atoms with Crippen LogP contribution in [0.3, 0.4) is 0 Å². The third-order valence-electron chi connectivity index (χ3n) is 5.10. The molecule has 4 aromatic rings. The third kappa shape index (κ3) is 5.51. The molecule has 0 bridgehead atoms. The SMILES string of the molecule is COc1ccc(CNC(=O)c2ccn(COc3ccc(-c4ccccc4)cc3)n2)cc1OC. The van der Waals surface area contributed by atoms with Crippen LogP contribution in [0.2, 0.25) is 0 Å². The van der Waals surface area contributed by atoms with E-state index in [9.17, 15) is 4.79 Å². The quantitative estimate of drug-likeness (QED) is 0.411. The van der Waals surface area contributed by atoms with Gasteiger partial charge >= 0.3 is 0 Å². The number of nitrogens with zero attached hydrogens (tertiary/aromatic N) is 2. The van der Waals surface area contributed by atoms with Crippen LogP contribution in [0.15, 0.2) is 85.1 Å². The predicted octanol–water partition coefficient (Wildman–Crippen LogP) is 4.53. The molecule has 0 unspecified atom stereocenters. The molecule has 0 radical (unpaired) electrons. The van der Waals surface area contributed by atoms with Crippen LogP contribution in [0.4, 0.5) is 0 Å². The van der Waals surface area contributed by atoms with Gasteiger partial charge in [0.2, 0.25) is 0 Å². The standard InChI is InChI=1S/C26H25N3O4/c1-31-24-13-8-19(16-25(24)32-2)17-27-26(30)23-14-15-29(28-23)18-33-22-11-9-21(10-12-22)20-6-4-3-5-7-20/h3-16H,17-18H2,1-2H3,(H,27,30). The highest BCUT2D eigenvalue weighted by atomic mass is 16.5. The fraction of sp³-hybridized carbons (Fsp3) is 0.154. The highest BCUT2D eigenvalue weighted by molar-refractivity contribution is 5.92. The molecule has 3 aromatic carbocycles. The number of rotatable bonds is 9. The number of carbonyl (C=O) groups is 1. The Morgan fingerprint density at radius 3 is 2.33 bits per heavy atom. The number of nitrogens with one attached hydrogen (secondary N) is 1. The normalized spacial score (nSPS) is 10.5. The minimum absolute atomic E-state index is 0.202. The van der Waals surface area contributed by atoms with E-state index in [0.717, 1.165) is 22.4 Å². The van der Waals surface area contributed by atoms with Crippen molar-refractivity contribution in [3.63, 3.8) is 0 Å². The van der Waals surface area contributed by atoms with Crippen molar-refractivity contribution in [3.8, 4) is 28.4 Å². The summed E-state index contributed by atoms with van der Waals surface area (Å²) in [5, 5.41) is 7.16. The van der Waals surface area contributed by atoms with Crippen molar-refractivity contribution >= 4 is 5.91 Å². The molecule has 1 aromatic heterocycles. The van der Waals surface area contributed by atoms with Crippen molar-refractivity contribution in [3.05, 3.63) is 96.3 Å². The van der Waals surface area contributed by atoms with Gasteiger partial charge in [0.15, 0.2) is 18.2 Å². The molecule has 0 aliphatic rings. The summed E-state index contributed by atoms with van der Waals surface area (Å²) in [6.07, 6.45) is 1.71. The molecular formula is C26H25N3O4. The first-order chi connectivity index (χ1) is 16.2. The first-order valence-corrected chi connectivity index (χ1v) is 10.5. The second kappa shape index (κ2) is 10.4. The monoisotopic (exact) mass is 443 g/mol. The van der Waals surface area contributed by atoms with Gasteiger partial charge in [-0.1, -0.05) is 48.5 Å². The molecule has 7 nitrogen and oxygen atoms in total. The minimum atomic E-state index is -0.268. The first kappa shape index (κ1) is 22.0. The molecule has 7 heteroatoms. The molecular weight excluding hydrogens is 418 g/mol. The maximum absolute atomic E-state index is 12.5. The lowest BCUT2D eigenvalue weighted by Gasteiger charge is -2.10. The number of methoxy groups -OCH3 is 2. The van der Waals surface area contributed by atoms with E-state index in [1.54, 1.807) is 37.2 Å². The van der Waals surface area contributed by atoms with Gasteiger partial charge in [-0.15, -0.1) is 0 Å². The van der Waals surface area contributed by atoms with Gasteiger partial charge in [0, 0.05) is 12.7 Å². The number of ether oxygens (including phenoxy) is 3. The summed E-state index contributed by atoms with van der Waals surface area (Å²) in [7, 11) is 3.16. The van der Waals surface area contributed by atoms with Crippen LogP contribution < -0.4 is 19.5 Å². The van der Waals surface area contributed by atoms with Gasteiger partial charge < -0.3 is 19.5 Å². The van der Waals surface area contributed by atoms with E-state index < -0.39 is 0 Å². The van der Waals surface area contributed by atoms with Crippen LogP contribution in [0, 0.1) is 0 Å². The fourth-order valence-electron chi connectivity index (χ4n) is 3.33. The van der Waals surface area contributed by atoms with Gasteiger partial charge in [-0.05, 0) is 47.0 Å². The van der Waals surface area contributed by atoms with Gasteiger partial charge in [-0.2, -0.15) is 5.10 Å². The Morgan fingerprint density at radius 1 is 0.879 bits per heavy atom. The van der Waals surface area contributed by atoms with Crippen molar-refractivity contribution in [1.82, 2.24) is 15.1 Å².